The first-order valence-corrected chi connectivity index (χ1v) is 9.91. The minimum Gasteiger partial charge on any atom is -0.452 e. The highest BCUT2D eigenvalue weighted by Crippen LogP contribution is 2.31. The number of hydrogen-bond donors (Lipinski definition) is 0. The van der Waals surface area contributed by atoms with Gasteiger partial charge in [0.05, 0.1) is 12.7 Å². The highest BCUT2D eigenvalue weighted by atomic mass is 16.5. The van der Waals surface area contributed by atoms with E-state index >= 15 is 0 Å². The first-order valence-electron chi connectivity index (χ1n) is 9.91. The summed E-state index contributed by atoms with van der Waals surface area (Å²) in [5, 5.41) is 4.30. The second-order valence-electron chi connectivity index (χ2n) is 7.34. The number of ether oxygens (including phenoxy) is 1. The van der Waals surface area contributed by atoms with Gasteiger partial charge in [0, 0.05) is 29.6 Å². The molecule has 4 rings (SSSR count). The topological polar surface area (TPSA) is 64.4 Å². The van der Waals surface area contributed by atoms with E-state index in [4.69, 9.17) is 4.74 Å². The van der Waals surface area contributed by atoms with E-state index in [9.17, 15) is 9.59 Å². The second kappa shape index (κ2) is 8.78. The van der Waals surface area contributed by atoms with Gasteiger partial charge in [-0.3, -0.25) is 9.48 Å². The molecule has 1 aliphatic rings. The zero-order valence-electron chi connectivity index (χ0n) is 16.8. The van der Waals surface area contributed by atoms with Crippen LogP contribution < -0.4 is 4.90 Å². The number of hydrogen-bond acceptors (Lipinski definition) is 4. The highest BCUT2D eigenvalue weighted by Gasteiger charge is 2.30. The molecule has 0 N–H and O–H groups in total. The molecule has 2 heterocycles. The fourth-order valence-corrected chi connectivity index (χ4v) is 3.68. The molecule has 6 nitrogen and oxygen atoms in total. The van der Waals surface area contributed by atoms with Gasteiger partial charge in [0.15, 0.2) is 6.61 Å². The zero-order chi connectivity index (χ0) is 20.9. The van der Waals surface area contributed by atoms with Gasteiger partial charge in [-0.05, 0) is 36.6 Å². The van der Waals surface area contributed by atoms with E-state index in [1.807, 2.05) is 67.7 Å². The molecular formula is C24H23N3O3. The number of para-hydroxylation sites is 1. The zero-order valence-corrected chi connectivity index (χ0v) is 16.8. The van der Waals surface area contributed by atoms with Crippen molar-refractivity contribution in [3.05, 3.63) is 89.8 Å². The molecule has 1 aliphatic heterocycles. The van der Waals surface area contributed by atoms with Gasteiger partial charge in [0.1, 0.15) is 0 Å². The summed E-state index contributed by atoms with van der Waals surface area (Å²) in [4.78, 5) is 26.3. The summed E-state index contributed by atoms with van der Waals surface area (Å²) in [5.74, 6) is -0.774. The monoisotopic (exact) mass is 401 g/mol. The van der Waals surface area contributed by atoms with Crippen molar-refractivity contribution in [2.24, 2.45) is 0 Å². The van der Waals surface area contributed by atoms with Crippen molar-refractivity contribution in [2.75, 3.05) is 11.5 Å². The van der Waals surface area contributed by atoms with Gasteiger partial charge in [-0.1, -0.05) is 48.5 Å². The summed E-state index contributed by atoms with van der Waals surface area (Å²) in [6.07, 6.45) is 7.29. The van der Waals surface area contributed by atoms with Gasteiger partial charge in [-0.25, -0.2) is 4.79 Å². The maximum Gasteiger partial charge on any atom is 0.331 e. The number of carbonyl (C=O) groups excluding carboxylic acids is 2. The van der Waals surface area contributed by atoms with Gasteiger partial charge < -0.3 is 9.64 Å². The van der Waals surface area contributed by atoms with Crippen LogP contribution in [-0.2, 0) is 27.3 Å². The Morgan fingerprint density at radius 2 is 1.90 bits per heavy atom. The lowest BCUT2D eigenvalue weighted by Gasteiger charge is -2.22. The first-order chi connectivity index (χ1) is 14.6. The Morgan fingerprint density at radius 3 is 2.73 bits per heavy atom. The van der Waals surface area contributed by atoms with Crippen molar-refractivity contribution < 1.29 is 14.3 Å². The van der Waals surface area contributed by atoms with Crippen LogP contribution in [0.5, 0.6) is 0 Å². The van der Waals surface area contributed by atoms with Crippen LogP contribution in [0.1, 0.15) is 23.6 Å². The Labute approximate surface area is 175 Å². The Kier molecular flexibility index (Phi) is 5.75. The molecule has 1 amide bonds. The summed E-state index contributed by atoms with van der Waals surface area (Å²) in [7, 11) is 0. The Bertz CT molecular complexity index is 1070. The Balaban J connectivity index is 1.30. The standard InChI is InChI=1S/C24H23N3O3/c1-18-13-21-9-5-6-10-22(21)27(18)23(28)17-30-24(29)12-11-20-14-25-26(16-20)15-19-7-3-2-4-8-19/h2-12,14,16,18H,13,15,17H2,1H3/b12-11+/t18-/m0/s1. The van der Waals surface area contributed by atoms with Crippen molar-refractivity contribution >= 4 is 23.6 Å². The molecule has 0 spiro atoms. The molecule has 30 heavy (non-hydrogen) atoms. The highest BCUT2D eigenvalue weighted by molar-refractivity contribution is 5.98. The molecule has 1 aromatic heterocycles. The van der Waals surface area contributed by atoms with E-state index in [2.05, 4.69) is 5.10 Å². The third kappa shape index (κ3) is 4.49. The Morgan fingerprint density at radius 1 is 1.13 bits per heavy atom. The fraction of sp³-hybridized carbons (Fsp3) is 0.208. The van der Waals surface area contributed by atoms with Crippen LogP contribution in [0.15, 0.2) is 73.1 Å². The van der Waals surface area contributed by atoms with Crippen molar-refractivity contribution in [2.45, 2.75) is 25.9 Å². The predicted octanol–water partition coefficient (Wildman–Crippen LogP) is 3.47. The van der Waals surface area contributed by atoms with E-state index in [1.165, 1.54) is 6.08 Å². The quantitative estimate of drug-likeness (QED) is 0.469. The van der Waals surface area contributed by atoms with Gasteiger partial charge in [0.2, 0.25) is 0 Å². The maximum atomic E-state index is 12.6. The molecule has 0 aliphatic carbocycles. The molecule has 0 saturated carbocycles. The number of fused-ring (bicyclic) bond motifs is 1. The molecule has 152 valence electrons. The number of rotatable bonds is 6. The molecule has 0 fully saturated rings. The molecule has 1 atom stereocenters. The number of esters is 1. The SMILES string of the molecule is C[C@H]1Cc2ccccc2N1C(=O)COC(=O)/C=C/c1cnn(Cc2ccccc2)c1. The van der Waals surface area contributed by atoms with Crippen LogP contribution in [0.3, 0.4) is 0 Å². The lowest BCUT2D eigenvalue weighted by atomic mass is 10.1. The lowest BCUT2D eigenvalue weighted by Crippen LogP contribution is -2.38. The van der Waals surface area contributed by atoms with Gasteiger partial charge in [0.25, 0.3) is 5.91 Å². The molecule has 2 aromatic carbocycles. The summed E-state index contributed by atoms with van der Waals surface area (Å²) in [6.45, 7) is 2.37. The first kappa shape index (κ1) is 19.6. The number of carbonyl (C=O) groups is 2. The predicted molar refractivity (Wildman–Crippen MR) is 115 cm³/mol. The second-order valence-corrected chi connectivity index (χ2v) is 7.34. The van der Waals surface area contributed by atoms with Crippen molar-refractivity contribution in [1.82, 2.24) is 9.78 Å². The summed E-state index contributed by atoms with van der Waals surface area (Å²) in [5.41, 5.74) is 3.97. The molecule has 0 bridgehead atoms. The largest absolute Gasteiger partial charge is 0.452 e. The minimum atomic E-state index is -0.556. The van der Waals surface area contributed by atoms with Crippen LogP contribution in [0.2, 0.25) is 0 Å². The average molecular weight is 401 g/mol. The van der Waals surface area contributed by atoms with Crippen LogP contribution in [-0.4, -0.2) is 34.3 Å². The summed E-state index contributed by atoms with van der Waals surface area (Å²) < 4.78 is 6.96. The van der Waals surface area contributed by atoms with Crippen LogP contribution in [0.4, 0.5) is 5.69 Å². The van der Waals surface area contributed by atoms with Crippen molar-refractivity contribution in [1.29, 1.82) is 0 Å². The van der Waals surface area contributed by atoms with Crippen molar-refractivity contribution in [3.63, 3.8) is 0 Å². The van der Waals surface area contributed by atoms with Crippen LogP contribution in [0, 0.1) is 0 Å². The lowest BCUT2D eigenvalue weighted by molar-refractivity contribution is -0.143. The molecule has 6 heteroatoms. The van der Waals surface area contributed by atoms with E-state index in [1.54, 1.807) is 21.9 Å². The van der Waals surface area contributed by atoms with E-state index < -0.39 is 5.97 Å². The third-order valence-electron chi connectivity index (χ3n) is 5.07. The maximum absolute atomic E-state index is 12.6. The number of aromatic nitrogens is 2. The van der Waals surface area contributed by atoms with Gasteiger partial charge in [-0.2, -0.15) is 5.10 Å². The molecule has 0 saturated heterocycles. The normalized spacial score (nSPS) is 15.4. The number of anilines is 1. The minimum absolute atomic E-state index is 0.0552. The number of amides is 1. The number of benzene rings is 2. The molecule has 0 unspecified atom stereocenters. The number of nitrogens with zero attached hydrogens (tertiary/aromatic N) is 3. The smallest absolute Gasteiger partial charge is 0.331 e. The van der Waals surface area contributed by atoms with Crippen LogP contribution in [0.25, 0.3) is 6.08 Å². The van der Waals surface area contributed by atoms with Crippen molar-refractivity contribution in [3.8, 4) is 0 Å². The molecule has 0 radical (unpaired) electrons. The van der Waals surface area contributed by atoms with Gasteiger partial charge >= 0.3 is 5.97 Å². The van der Waals surface area contributed by atoms with E-state index in [0.717, 1.165) is 28.8 Å². The van der Waals surface area contributed by atoms with Crippen LogP contribution >= 0.6 is 0 Å². The average Bonchev–Trinajstić information content (AvgIpc) is 3.34. The molecular weight excluding hydrogens is 378 g/mol. The van der Waals surface area contributed by atoms with E-state index in [0.29, 0.717) is 6.54 Å². The van der Waals surface area contributed by atoms with E-state index in [-0.39, 0.29) is 18.6 Å². The fourth-order valence-electron chi connectivity index (χ4n) is 3.68. The van der Waals surface area contributed by atoms with Gasteiger partial charge in [-0.15, -0.1) is 0 Å². The third-order valence-corrected chi connectivity index (χ3v) is 5.07. The Hall–Kier alpha value is -3.67. The summed E-state index contributed by atoms with van der Waals surface area (Å²) in [6, 6.07) is 17.9. The molecule has 3 aromatic rings. The summed E-state index contributed by atoms with van der Waals surface area (Å²) >= 11 is 0.